The molecule has 0 aromatic carbocycles. The van der Waals surface area contributed by atoms with E-state index in [0.717, 1.165) is 5.56 Å². The molecule has 2 N–H and O–H groups in total. The summed E-state index contributed by atoms with van der Waals surface area (Å²) < 4.78 is 7.49. The van der Waals surface area contributed by atoms with Crippen LogP contribution in [-0.2, 0) is 0 Å². The normalized spacial score (nSPS) is 12.7. The molecular weight excluding hydrogens is 228 g/mol. The van der Waals surface area contributed by atoms with Crippen LogP contribution in [0.2, 0.25) is 0 Å². The number of nitrogens with two attached hydrogens (primary N) is 1. The quantitative estimate of drug-likeness (QED) is 0.900. The number of nitrogens with zero attached hydrogens (tertiary/aromatic N) is 3. The van der Waals surface area contributed by atoms with Gasteiger partial charge in [0.1, 0.15) is 0 Å². The van der Waals surface area contributed by atoms with Gasteiger partial charge in [0.15, 0.2) is 5.75 Å². The largest absolute Gasteiger partial charge is 0.436 e. The highest BCUT2D eigenvalue weighted by Crippen LogP contribution is 2.22. The monoisotopic (exact) mass is 246 g/mol. The van der Waals surface area contributed by atoms with E-state index in [4.69, 9.17) is 10.5 Å². The Bertz CT molecular complexity index is 519. The molecule has 2 rings (SSSR count). The molecule has 0 aliphatic rings. The van der Waals surface area contributed by atoms with Gasteiger partial charge in [-0.3, -0.25) is 4.68 Å². The molecule has 0 fully saturated rings. The summed E-state index contributed by atoms with van der Waals surface area (Å²) >= 11 is 0. The van der Waals surface area contributed by atoms with Crippen LogP contribution >= 0.6 is 0 Å². The van der Waals surface area contributed by atoms with Gasteiger partial charge in [-0.15, -0.1) is 0 Å². The van der Waals surface area contributed by atoms with Gasteiger partial charge in [0, 0.05) is 24.3 Å². The molecule has 0 spiro atoms. The third-order valence-electron chi connectivity index (χ3n) is 2.61. The first kappa shape index (κ1) is 12.6. The molecule has 18 heavy (non-hydrogen) atoms. The van der Waals surface area contributed by atoms with Crippen molar-refractivity contribution in [1.82, 2.24) is 14.8 Å². The predicted octanol–water partition coefficient (Wildman–Crippen LogP) is 2.67. The van der Waals surface area contributed by atoms with Crippen molar-refractivity contribution in [3.8, 4) is 11.6 Å². The summed E-state index contributed by atoms with van der Waals surface area (Å²) in [4.78, 5) is 4.16. The minimum Gasteiger partial charge on any atom is -0.436 e. The van der Waals surface area contributed by atoms with Gasteiger partial charge in [0.25, 0.3) is 0 Å². The van der Waals surface area contributed by atoms with Crippen LogP contribution in [-0.4, -0.2) is 14.8 Å². The Balaban J connectivity index is 2.15. The molecule has 2 aromatic heterocycles. The summed E-state index contributed by atoms with van der Waals surface area (Å²) in [6, 6.07) is 4.01. The second-order valence-electron chi connectivity index (χ2n) is 4.57. The molecule has 0 aliphatic heterocycles. The molecule has 5 heteroatoms. The molecule has 96 valence electrons. The molecule has 0 saturated heterocycles. The van der Waals surface area contributed by atoms with E-state index < -0.39 is 0 Å². The Morgan fingerprint density at radius 2 is 2.11 bits per heavy atom. The summed E-state index contributed by atoms with van der Waals surface area (Å²) in [6.45, 7) is 6.05. The van der Waals surface area contributed by atoms with E-state index in [-0.39, 0.29) is 6.04 Å². The highest BCUT2D eigenvalue weighted by atomic mass is 16.5. The van der Waals surface area contributed by atoms with E-state index in [1.165, 1.54) is 0 Å². The highest BCUT2D eigenvalue weighted by molar-refractivity contribution is 5.27. The number of aromatic nitrogens is 3. The zero-order chi connectivity index (χ0) is 13.1. The second kappa shape index (κ2) is 5.18. The zero-order valence-electron chi connectivity index (χ0n) is 10.9. The van der Waals surface area contributed by atoms with Gasteiger partial charge in [0.2, 0.25) is 5.88 Å². The van der Waals surface area contributed by atoms with Crippen LogP contribution in [0.5, 0.6) is 11.6 Å². The lowest BCUT2D eigenvalue weighted by Crippen LogP contribution is -2.05. The van der Waals surface area contributed by atoms with Crippen LogP contribution < -0.4 is 10.5 Å². The molecule has 2 aromatic rings. The van der Waals surface area contributed by atoms with Gasteiger partial charge in [-0.1, -0.05) is 0 Å². The van der Waals surface area contributed by atoms with Crippen molar-refractivity contribution >= 4 is 0 Å². The van der Waals surface area contributed by atoms with Gasteiger partial charge in [-0.2, -0.15) is 5.10 Å². The van der Waals surface area contributed by atoms with Crippen molar-refractivity contribution in [3.63, 3.8) is 0 Å². The van der Waals surface area contributed by atoms with E-state index in [1.54, 1.807) is 12.4 Å². The third-order valence-corrected chi connectivity index (χ3v) is 2.61. The van der Waals surface area contributed by atoms with Crippen LogP contribution in [0, 0.1) is 0 Å². The Kier molecular flexibility index (Phi) is 3.62. The first-order chi connectivity index (χ1) is 8.56. The van der Waals surface area contributed by atoms with E-state index in [2.05, 4.69) is 23.9 Å². The van der Waals surface area contributed by atoms with Crippen molar-refractivity contribution in [1.29, 1.82) is 0 Å². The maximum absolute atomic E-state index is 5.82. The summed E-state index contributed by atoms with van der Waals surface area (Å²) in [5.41, 5.74) is 6.82. The first-order valence-electron chi connectivity index (χ1n) is 6.00. The summed E-state index contributed by atoms with van der Waals surface area (Å²) in [5.74, 6) is 1.21. The Morgan fingerprint density at radius 1 is 1.33 bits per heavy atom. The molecule has 0 unspecified atom stereocenters. The van der Waals surface area contributed by atoms with Gasteiger partial charge >= 0.3 is 0 Å². The molecule has 0 amide bonds. The number of pyridine rings is 1. The SMILES string of the molecule is CC(C)n1cc(Oc2cc([C@@H](C)N)ccn2)cn1. The smallest absolute Gasteiger partial charge is 0.219 e. The van der Waals surface area contributed by atoms with Crippen LogP contribution in [0.3, 0.4) is 0 Å². The fourth-order valence-electron chi connectivity index (χ4n) is 1.54. The van der Waals surface area contributed by atoms with Crippen LogP contribution in [0.4, 0.5) is 0 Å². The van der Waals surface area contributed by atoms with E-state index in [0.29, 0.717) is 17.7 Å². The average molecular weight is 246 g/mol. The maximum Gasteiger partial charge on any atom is 0.219 e. The molecule has 1 atom stereocenters. The summed E-state index contributed by atoms with van der Waals surface area (Å²) in [7, 11) is 0. The van der Waals surface area contributed by atoms with Crippen molar-refractivity contribution in [2.45, 2.75) is 32.9 Å². The summed E-state index contributed by atoms with van der Waals surface area (Å²) in [5, 5.41) is 4.21. The molecule has 0 aliphatic carbocycles. The second-order valence-corrected chi connectivity index (χ2v) is 4.57. The Labute approximate surface area is 107 Å². The number of rotatable bonds is 4. The molecular formula is C13H18N4O. The van der Waals surface area contributed by atoms with Gasteiger partial charge in [-0.25, -0.2) is 4.98 Å². The molecule has 5 nitrogen and oxygen atoms in total. The van der Waals surface area contributed by atoms with Crippen molar-refractivity contribution in [2.24, 2.45) is 5.73 Å². The third kappa shape index (κ3) is 2.87. The van der Waals surface area contributed by atoms with Crippen molar-refractivity contribution in [2.75, 3.05) is 0 Å². The van der Waals surface area contributed by atoms with Crippen LogP contribution in [0.25, 0.3) is 0 Å². The van der Waals surface area contributed by atoms with Crippen LogP contribution in [0.15, 0.2) is 30.7 Å². The van der Waals surface area contributed by atoms with Gasteiger partial charge < -0.3 is 10.5 Å². The van der Waals surface area contributed by atoms with Crippen molar-refractivity contribution < 1.29 is 4.74 Å². The Hall–Kier alpha value is -1.88. The molecule has 0 radical (unpaired) electrons. The van der Waals surface area contributed by atoms with E-state index >= 15 is 0 Å². The lowest BCUT2D eigenvalue weighted by Gasteiger charge is -2.07. The fourth-order valence-corrected chi connectivity index (χ4v) is 1.54. The minimum absolute atomic E-state index is 0.0336. The predicted molar refractivity (Wildman–Crippen MR) is 69.5 cm³/mol. The van der Waals surface area contributed by atoms with Crippen LogP contribution in [0.1, 0.15) is 38.4 Å². The lowest BCUT2D eigenvalue weighted by molar-refractivity contribution is 0.457. The van der Waals surface area contributed by atoms with Gasteiger partial charge in [-0.05, 0) is 32.4 Å². The minimum atomic E-state index is -0.0336. The first-order valence-corrected chi connectivity index (χ1v) is 6.00. The molecule has 0 bridgehead atoms. The number of ether oxygens (including phenoxy) is 1. The highest BCUT2D eigenvalue weighted by Gasteiger charge is 2.06. The fraction of sp³-hybridized carbons (Fsp3) is 0.385. The Morgan fingerprint density at radius 3 is 2.72 bits per heavy atom. The van der Waals surface area contributed by atoms with E-state index in [9.17, 15) is 0 Å². The zero-order valence-corrected chi connectivity index (χ0v) is 10.9. The number of hydrogen-bond donors (Lipinski definition) is 1. The average Bonchev–Trinajstić information content (AvgIpc) is 2.78. The topological polar surface area (TPSA) is 66.0 Å². The number of hydrogen-bond acceptors (Lipinski definition) is 4. The maximum atomic E-state index is 5.82. The standard InChI is InChI=1S/C13H18N4O/c1-9(2)17-8-12(7-16-17)18-13-6-11(10(3)14)4-5-15-13/h4-10H,14H2,1-3H3/t10-/m1/s1. The molecule has 0 saturated carbocycles. The van der Waals surface area contributed by atoms with Gasteiger partial charge in [0.05, 0.1) is 12.4 Å². The van der Waals surface area contributed by atoms with E-state index in [1.807, 2.05) is 29.9 Å². The molecule has 2 heterocycles. The van der Waals surface area contributed by atoms with Crippen molar-refractivity contribution in [3.05, 3.63) is 36.3 Å². The lowest BCUT2D eigenvalue weighted by atomic mass is 10.1. The summed E-state index contributed by atoms with van der Waals surface area (Å²) in [6.07, 6.45) is 5.23.